The number of hydrogen-bond donors (Lipinski definition) is 3. The van der Waals surface area contributed by atoms with E-state index in [0.717, 1.165) is 5.56 Å². The third-order valence-corrected chi connectivity index (χ3v) is 4.85. The van der Waals surface area contributed by atoms with Gasteiger partial charge in [-0.15, -0.1) is 0 Å². The lowest BCUT2D eigenvalue weighted by Gasteiger charge is -2.15. The Morgan fingerprint density at radius 2 is 1.55 bits per heavy atom. The molecule has 0 fully saturated rings. The quantitative estimate of drug-likeness (QED) is 0.488. The molecule has 3 rings (SSSR count). The maximum atomic E-state index is 13.2. The molecule has 170 valence electrons. The number of benzene rings is 3. The monoisotopic (exact) mass is 451 g/mol. The van der Waals surface area contributed by atoms with Gasteiger partial charge in [0.2, 0.25) is 11.8 Å². The van der Waals surface area contributed by atoms with Crippen LogP contribution in [0.15, 0.2) is 72.8 Å². The van der Waals surface area contributed by atoms with Crippen LogP contribution in [0.1, 0.15) is 34.5 Å². The number of anilines is 1. The summed E-state index contributed by atoms with van der Waals surface area (Å²) in [7, 11) is 0. The SMILES string of the molecule is CC(NC(=O)CNC(=O)Cc1cccc(F)c1)c1ccc(NC(=O)c2ccc(F)cc2)cc1. The molecule has 3 N–H and O–H groups in total. The minimum Gasteiger partial charge on any atom is -0.348 e. The van der Waals surface area contributed by atoms with Crippen LogP contribution in [-0.2, 0) is 16.0 Å². The van der Waals surface area contributed by atoms with E-state index < -0.39 is 11.6 Å². The van der Waals surface area contributed by atoms with Crippen molar-refractivity contribution >= 4 is 23.4 Å². The molecule has 0 heterocycles. The highest BCUT2D eigenvalue weighted by Crippen LogP contribution is 2.17. The summed E-state index contributed by atoms with van der Waals surface area (Å²) in [4.78, 5) is 36.3. The van der Waals surface area contributed by atoms with Gasteiger partial charge in [-0.2, -0.15) is 0 Å². The van der Waals surface area contributed by atoms with E-state index in [4.69, 9.17) is 0 Å². The van der Waals surface area contributed by atoms with Crippen molar-refractivity contribution in [3.05, 3.63) is 101 Å². The summed E-state index contributed by atoms with van der Waals surface area (Å²) in [5.74, 6) is -1.96. The third-order valence-electron chi connectivity index (χ3n) is 4.85. The van der Waals surface area contributed by atoms with Crippen LogP contribution in [0.5, 0.6) is 0 Å². The van der Waals surface area contributed by atoms with Gasteiger partial charge in [0.05, 0.1) is 19.0 Å². The Morgan fingerprint density at radius 3 is 2.21 bits per heavy atom. The molecule has 0 saturated carbocycles. The van der Waals surface area contributed by atoms with Gasteiger partial charge < -0.3 is 16.0 Å². The molecule has 0 bridgehead atoms. The van der Waals surface area contributed by atoms with Crippen LogP contribution in [0.25, 0.3) is 0 Å². The summed E-state index contributed by atoms with van der Waals surface area (Å²) in [5.41, 5.74) is 2.21. The van der Waals surface area contributed by atoms with Crippen molar-refractivity contribution in [2.24, 2.45) is 0 Å². The average Bonchev–Trinajstić information content (AvgIpc) is 2.78. The van der Waals surface area contributed by atoms with Crippen molar-refractivity contribution in [3.63, 3.8) is 0 Å². The molecule has 1 unspecified atom stereocenters. The first-order chi connectivity index (χ1) is 15.8. The molecule has 0 aliphatic heterocycles. The highest BCUT2D eigenvalue weighted by Gasteiger charge is 2.12. The standard InChI is InChI=1S/C25H23F2N3O3/c1-16(29-24(32)15-28-23(31)14-17-3-2-4-21(27)13-17)18-7-11-22(12-8-18)30-25(33)19-5-9-20(26)10-6-19/h2-13,16H,14-15H2,1H3,(H,28,31)(H,29,32)(H,30,33). The largest absolute Gasteiger partial charge is 0.348 e. The maximum Gasteiger partial charge on any atom is 0.255 e. The van der Waals surface area contributed by atoms with Crippen molar-refractivity contribution < 1.29 is 23.2 Å². The molecule has 0 spiro atoms. The van der Waals surface area contributed by atoms with Crippen LogP contribution >= 0.6 is 0 Å². The molecule has 6 nitrogen and oxygen atoms in total. The predicted molar refractivity (Wildman–Crippen MR) is 120 cm³/mol. The van der Waals surface area contributed by atoms with Crippen molar-refractivity contribution in [1.29, 1.82) is 0 Å². The fourth-order valence-corrected chi connectivity index (χ4v) is 3.11. The van der Waals surface area contributed by atoms with E-state index in [1.165, 1.54) is 42.5 Å². The fraction of sp³-hybridized carbons (Fsp3) is 0.160. The number of rotatable bonds is 8. The molecule has 0 aliphatic carbocycles. The van der Waals surface area contributed by atoms with E-state index in [1.54, 1.807) is 37.3 Å². The van der Waals surface area contributed by atoms with Crippen molar-refractivity contribution in [1.82, 2.24) is 10.6 Å². The van der Waals surface area contributed by atoms with Gasteiger partial charge in [-0.25, -0.2) is 8.78 Å². The van der Waals surface area contributed by atoms with Crippen molar-refractivity contribution in [3.8, 4) is 0 Å². The summed E-state index contributed by atoms with van der Waals surface area (Å²) < 4.78 is 26.2. The Kier molecular flexibility index (Phi) is 7.86. The second kappa shape index (κ2) is 11.0. The topological polar surface area (TPSA) is 87.3 Å². The lowest BCUT2D eigenvalue weighted by molar-refractivity contribution is -0.126. The normalized spacial score (nSPS) is 11.4. The first kappa shape index (κ1) is 23.6. The minimum atomic E-state index is -0.423. The van der Waals surface area contributed by atoms with Crippen LogP contribution < -0.4 is 16.0 Å². The molecule has 0 radical (unpaired) electrons. The zero-order chi connectivity index (χ0) is 23.8. The van der Waals surface area contributed by atoms with Gasteiger partial charge in [-0.05, 0) is 66.6 Å². The summed E-state index contributed by atoms with van der Waals surface area (Å²) >= 11 is 0. The number of halogens is 2. The molecule has 0 aromatic heterocycles. The Bertz CT molecular complexity index is 1130. The van der Waals surface area contributed by atoms with E-state index in [2.05, 4.69) is 16.0 Å². The lowest BCUT2D eigenvalue weighted by Crippen LogP contribution is -2.38. The van der Waals surface area contributed by atoms with Gasteiger partial charge in [0.25, 0.3) is 5.91 Å². The van der Waals surface area contributed by atoms with Crippen LogP contribution in [0, 0.1) is 11.6 Å². The predicted octanol–water partition coefficient (Wildman–Crippen LogP) is 3.75. The zero-order valence-electron chi connectivity index (χ0n) is 17.9. The second-order valence-corrected chi connectivity index (χ2v) is 7.46. The summed E-state index contributed by atoms with van der Waals surface area (Å²) in [6.07, 6.45) is -0.0221. The molecule has 33 heavy (non-hydrogen) atoms. The summed E-state index contributed by atoms with van der Waals surface area (Å²) in [6, 6.07) is 17.5. The Morgan fingerprint density at radius 1 is 0.848 bits per heavy atom. The Hall–Kier alpha value is -4.07. The third kappa shape index (κ3) is 7.24. The van der Waals surface area contributed by atoms with E-state index in [1.807, 2.05) is 0 Å². The Balaban J connectivity index is 1.46. The molecule has 0 saturated heterocycles. The molecule has 1 atom stereocenters. The van der Waals surface area contributed by atoms with Gasteiger partial charge >= 0.3 is 0 Å². The fourth-order valence-electron chi connectivity index (χ4n) is 3.11. The van der Waals surface area contributed by atoms with E-state index >= 15 is 0 Å². The minimum absolute atomic E-state index is 0.0221. The van der Waals surface area contributed by atoms with E-state index in [-0.39, 0.29) is 36.7 Å². The molecule has 3 aromatic rings. The smallest absolute Gasteiger partial charge is 0.255 e. The van der Waals surface area contributed by atoms with E-state index in [9.17, 15) is 23.2 Å². The molecule has 0 aliphatic rings. The van der Waals surface area contributed by atoms with Crippen LogP contribution in [-0.4, -0.2) is 24.3 Å². The van der Waals surface area contributed by atoms with Gasteiger partial charge in [0.1, 0.15) is 11.6 Å². The van der Waals surface area contributed by atoms with Crippen LogP contribution in [0.3, 0.4) is 0 Å². The molecule has 3 amide bonds. The van der Waals surface area contributed by atoms with E-state index in [0.29, 0.717) is 16.8 Å². The second-order valence-electron chi connectivity index (χ2n) is 7.46. The van der Waals surface area contributed by atoms with Gasteiger partial charge in [0, 0.05) is 11.3 Å². The first-order valence-electron chi connectivity index (χ1n) is 10.3. The van der Waals surface area contributed by atoms with Crippen LogP contribution in [0.2, 0.25) is 0 Å². The maximum absolute atomic E-state index is 13.2. The number of amides is 3. The molecular weight excluding hydrogens is 428 g/mol. The first-order valence-corrected chi connectivity index (χ1v) is 10.3. The lowest BCUT2D eigenvalue weighted by atomic mass is 10.1. The molecular formula is C25H23F2N3O3. The highest BCUT2D eigenvalue weighted by atomic mass is 19.1. The number of carbonyl (C=O) groups excluding carboxylic acids is 3. The average molecular weight is 451 g/mol. The van der Waals surface area contributed by atoms with Crippen molar-refractivity contribution in [2.45, 2.75) is 19.4 Å². The number of carbonyl (C=O) groups is 3. The Labute approximate surface area is 190 Å². The zero-order valence-corrected chi connectivity index (χ0v) is 17.9. The molecule has 8 heteroatoms. The molecule has 3 aromatic carbocycles. The highest BCUT2D eigenvalue weighted by molar-refractivity contribution is 6.04. The van der Waals surface area contributed by atoms with Gasteiger partial charge in [-0.1, -0.05) is 24.3 Å². The number of hydrogen-bond acceptors (Lipinski definition) is 3. The van der Waals surface area contributed by atoms with Gasteiger partial charge in [-0.3, -0.25) is 14.4 Å². The van der Waals surface area contributed by atoms with Crippen LogP contribution in [0.4, 0.5) is 14.5 Å². The summed E-state index contributed by atoms with van der Waals surface area (Å²) in [6.45, 7) is 1.59. The van der Waals surface area contributed by atoms with Gasteiger partial charge in [0.15, 0.2) is 0 Å². The number of nitrogens with one attached hydrogen (secondary N) is 3. The van der Waals surface area contributed by atoms with Crippen molar-refractivity contribution in [2.75, 3.05) is 11.9 Å². The summed E-state index contributed by atoms with van der Waals surface area (Å²) in [5, 5.41) is 8.01.